The zero-order valence-electron chi connectivity index (χ0n) is 14.9. The molecule has 1 aromatic rings. The molecule has 2 fully saturated rings. The minimum atomic E-state index is -3.12. The highest BCUT2D eigenvalue weighted by molar-refractivity contribution is 7.89. The molecular weight excluding hydrogens is 358 g/mol. The molecule has 0 radical (unpaired) electrons. The van der Waals surface area contributed by atoms with Gasteiger partial charge in [-0.1, -0.05) is 19.9 Å². The highest BCUT2D eigenvalue weighted by atomic mass is 32.2. The predicted molar refractivity (Wildman–Crippen MR) is 100 cm³/mol. The van der Waals surface area contributed by atoms with Crippen LogP contribution in [0.3, 0.4) is 0 Å². The van der Waals surface area contributed by atoms with Crippen molar-refractivity contribution in [1.82, 2.24) is 14.5 Å². The Morgan fingerprint density at radius 2 is 2.16 bits per heavy atom. The summed E-state index contributed by atoms with van der Waals surface area (Å²) in [4.78, 5) is 15.6. The second-order valence-electron chi connectivity index (χ2n) is 7.54. The maximum absolute atomic E-state index is 12.6. The molecule has 0 aliphatic carbocycles. The number of likely N-dealkylation sites (tertiary alicyclic amines) is 1. The normalized spacial score (nSPS) is 24.4. The van der Waals surface area contributed by atoms with Crippen LogP contribution in [0.5, 0.6) is 0 Å². The first-order valence-corrected chi connectivity index (χ1v) is 11.3. The number of nitrogens with zero attached hydrogens (tertiary/aromatic N) is 2. The molecule has 3 rings (SSSR count). The van der Waals surface area contributed by atoms with Gasteiger partial charge in [-0.15, -0.1) is 11.3 Å². The fourth-order valence-electron chi connectivity index (χ4n) is 3.60. The van der Waals surface area contributed by atoms with E-state index >= 15 is 0 Å². The van der Waals surface area contributed by atoms with E-state index in [1.54, 1.807) is 20.5 Å². The largest absolute Gasteiger partial charge is 0.337 e. The molecule has 8 heteroatoms. The summed E-state index contributed by atoms with van der Waals surface area (Å²) in [5, 5.41) is 5.08. The van der Waals surface area contributed by atoms with Gasteiger partial charge in [0, 0.05) is 42.5 Å². The van der Waals surface area contributed by atoms with Crippen molar-refractivity contribution in [2.75, 3.05) is 31.9 Å². The summed E-state index contributed by atoms with van der Waals surface area (Å²) in [7, 11) is -3.12. The summed E-state index contributed by atoms with van der Waals surface area (Å²) in [6, 6.07) is 3.95. The minimum absolute atomic E-state index is 0.0719. The van der Waals surface area contributed by atoms with E-state index in [1.807, 2.05) is 11.4 Å². The Balaban J connectivity index is 1.57. The van der Waals surface area contributed by atoms with Crippen LogP contribution in [0, 0.1) is 0 Å². The highest BCUT2D eigenvalue weighted by Crippen LogP contribution is 2.27. The lowest BCUT2D eigenvalue weighted by atomic mass is 9.91. The lowest BCUT2D eigenvalue weighted by Gasteiger charge is -2.37. The Labute approximate surface area is 154 Å². The van der Waals surface area contributed by atoms with Crippen molar-refractivity contribution in [3.05, 3.63) is 22.4 Å². The number of nitrogens with one attached hydrogen (secondary N) is 1. The predicted octanol–water partition coefficient (Wildman–Crippen LogP) is 2.24. The van der Waals surface area contributed by atoms with E-state index in [-0.39, 0.29) is 23.2 Å². The van der Waals surface area contributed by atoms with Crippen LogP contribution < -0.4 is 5.32 Å². The lowest BCUT2D eigenvalue weighted by molar-refractivity contribution is 0.152. The quantitative estimate of drug-likeness (QED) is 0.864. The van der Waals surface area contributed by atoms with E-state index in [1.165, 1.54) is 4.88 Å². The topological polar surface area (TPSA) is 69.7 Å². The van der Waals surface area contributed by atoms with E-state index in [0.29, 0.717) is 32.6 Å². The van der Waals surface area contributed by atoms with Crippen molar-refractivity contribution < 1.29 is 13.2 Å². The monoisotopic (exact) mass is 385 g/mol. The average molecular weight is 386 g/mol. The van der Waals surface area contributed by atoms with Gasteiger partial charge in [0.1, 0.15) is 0 Å². The molecule has 2 aliphatic heterocycles. The van der Waals surface area contributed by atoms with Crippen LogP contribution in [0.1, 0.15) is 38.0 Å². The number of hydrogen-bond donors (Lipinski definition) is 1. The number of urea groups is 1. The smallest absolute Gasteiger partial charge is 0.317 e. The van der Waals surface area contributed by atoms with Crippen molar-refractivity contribution >= 4 is 27.4 Å². The summed E-state index contributed by atoms with van der Waals surface area (Å²) in [6.45, 7) is 6.58. The van der Waals surface area contributed by atoms with Crippen molar-refractivity contribution in [2.24, 2.45) is 0 Å². The molecule has 1 N–H and O–H groups in total. The van der Waals surface area contributed by atoms with Crippen LogP contribution >= 0.6 is 11.3 Å². The molecular formula is C17H27N3O3S2. The zero-order valence-corrected chi connectivity index (χ0v) is 16.5. The van der Waals surface area contributed by atoms with E-state index in [2.05, 4.69) is 25.2 Å². The molecule has 0 bridgehead atoms. The molecule has 6 nitrogen and oxygen atoms in total. The molecule has 0 spiro atoms. The molecule has 1 unspecified atom stereocenters. The fraction of sp³-hybridized carbons (Fsp3) is 0.706. The zero-order chi connectivity index (χ0) is 18.1. The third-order valence-electron chi connectivity index (χ3n) is 5.10. The molecule has 1 atom stereocenters. The number of sulfonamides is 1. The number of piperidine rings is 1. The van der Waals surface area contributed by atoms with E-state index in [9.17, 15) is 13.2 Å². The van der Waals surface area contributed by atoms with E-state index < -0.39 is 10.0 Å². The molecule has 3 heterocycles. The maximum atomic E-state index is 12.6. The average Bonchev–Trinajstić information content (AvgIpc) is 3.22. The van der Waals surface area contributed by atoms with Gasteiger partial charge in [-0.2, -0.15) is 4.31 Å². The number of thiophene rings is 1. The van der Waals surface area contributed by atoms with Gasteiger partial charge >= 0.3 is 6.03 Å². The Morgan fingerprint density at radius 1 is 1.36 bits per heavy atom. The molecule has 1 aromatic heterocycles. The van der Waals surface area contributed by atoms with Gasteiger partial charge in [-0.25, -0.2) is 13.2 Å². The van der Waals surface area contributed by atoms with Crippen LogP contribution in [0.15, 0.2) is 17.5 Å². The highest BCUT2D eigenvalue weighted by Gasteiger charge is 2.37. The summed E-state index contributed by atoms with van der Waals surface area (Å²) in [5.74, 6) is 0.241. The summed E-state index contributed by atoms with van der Waals surface area (Å²) >= 11 is 1.70. The molecule has 2 saturated heterocycles. The lowest BCUT2D eigenvalue weighted by Crippen LogP contribution is -2.53. The van der Waals surface area contributed by atoms with Gasteiger partial charge in [0.15, 0.2) is 0 Å². The summed E-state index contributed by atoms with van der Waals surface area (Å²) in [6.07, 6.45) is 2.38. The van der Waals surface area contributed by atoms with Crippen LogP contribution in [0.2, 0.25) is 0 Å². The van der Waals surface area contributed by atoms with Crippen molar-refractivity contribution in [3.8, 4) is 0 Å². The van der Waals surface area contributed by atoms with Crippen LogP contribution in [-0.2, 0) is 15.4 Å². The summed E-state index contributed by atoms with van der Waals surface area (Å²) in [5.41, 5.74) is -0.114. The fourth-order valence-corrected chi connectivity index (χ4v) is 6.22. The standard InChI is InChI=1S/C17H27N3O3S2/c1-17(2,15-7-4-10-24-15)13-18-16(21)19-8-3-6-14(12-19)20-9-5-11-25(20,22)23/h4,7,10,14H,3,5-6,8-9,11-13H2,1-2H3,(H,18,21). The number of rotatable bonds is 4. The summed E-state index contributed by atoms with van der Waals surface area (Å²) < 4.78 is 25.9. The Kier molecular flexibility index (Phi) is 5.41. The van der Waals surface area contributed by atoms with Crippen molar-refractivity contribution in [2.45, 2.75) is 44.6 Å². The van der Waals surface area contributed by atoms with Gasteiger partial charge in [0.05, 0.1) is 5.75 Å². The number of hydrogen-bond acceptors (Lipinski definition) is 4. The number of carbonyl (C=O) groups is 1. The van der Waals surface area contributed by atoms with Crippen molar-refractivity contribution in [1.29, 1.82) is 0 Å². The first-order valence-electron chi connectivity index (χ1n) is 8.86. The third-order valence-corrected chi connectivity index (χ3v) is 8.33. The van der Waals surface area contributed by atoms with E-state index in [4.69, 9.17) is 0 Å². The Bertz CT molecular complexity index is 701. The SMILES string of the molecule is CC(C)(CNC(=O)N1CCCC(N2CCCS2(=O)=O)C1)c1cccs1. The third kappa shape index (κ3) is 4.17. The van der Waals surface area contributed by atoms with Gasteiger partial charge < -0.3 is 10.2 Å². The Morgan fingerprint density at radius 3 is 2.80 bits per heavy atom. The molecule has 140 valence electrons. The molecule has 2 amide bonds. The second kappa shape index (κ2) is 7.25. The van der Waals surface area contributed by atoms with Gasteiger partial charge in [0.25, 0.3) is 0 Å². The first-order chi connectivity index (χ1) is 11.8. The minimum Gasteiger partial charge on any atom is -0.337 e. The molecule has 25 heavy (non-hydrogen) atoms. The molecule has 2 aliphatic rings. The molecule has 0 aromatic carbocycles. The first kappa shape index (κ1) is 18.7. The van der Waals surface area contributed by atoms with Crippen LogP contribution in [0.25, 0.3) is 0 Å². The number of amides is 2. The van der Waals surface area contributed by atoms with Gasteiger partial charge in [-0.3, -0.25) is 0 Å². The van der Waals surface area contributed by atoms with Crippen molar-refractivity contribution in [3.63, 3.8) is 0 Å². The van der Waals surface area contributed by atoms with Gasteiger partial charge in [0.2, 0.25) is 10.0 Å². The van der Waals surface area contributed by atoms with Crippen LogP contribution in [-0.4, -0.2) is 61.6 Å². The van der Waals surface area contributed by atoms with Gasteiger partial charge in [-0.05, 0) is 30.7 Å². The number of carbonyl (C=O) groups excluding carboxylic acids is 1. The maximum Gasteiger partial charge on any atom is 0.317 e. The Hall–Kier alpha value is -1.12. The van der Waals surface area contributed by atoms with Crippen LogP contribution in [0.4, 0.5) is 4.79 Å². The van der Waals surface area contributed by atoms with E-state index in [0.717, 1.165) is 12.8 Å². The molecule has 0 saturated carbocycles. The second-order valence-corrected chi connectivity index (χ2v) is 10.5.